The van der Waals surface area contributed by atoms with Crippen LogP contribution in [0.25, 0.3) is 0 Å². The van der Waals surface area contributed by atoms with Crippen molar-refractivity contribution >= 4 is 5.96 Å². The van der Waals surface area contributed by atoms with Gasteiger partial charge < -0.3 is 10.6 Å². The molecule has 0 atom stereocenters. The third kappa shape index (κ3) is 4.73. The molecule has 2 N–H and O–H groups in total. The summed E-state index contributed by atoms with van der Waals surface area (Å²) in [5.41, 5.74) is 6.86. The molecule has 0 fully saturated rings. The number of nitrogens with zero attached hydrogens (tertiary/aromatic N) is 2. The average Bonchev–Trinajstić information content (AvgIpc) is 2.36. The van der Waals surface area contributed by atoms with E-state index >= 15 is 0 Å². The molecule has 100 valence electrons. The third-order valence-electron chi connectivity index (χ3n) is 2.87. The summed E-state index contributed by atoms with van der Waals surface area (Å²) < 4.78 is 12.9. The van der Waals surface area contributed by atoms with Gasteiger partial charge in [-0.3, -0.25) is 4.99 Å². The highest BCUT2D eigenvalue weighted by Gasteiger charge is 2.01. The fourth-order valence-electron chi connectivity index (χ4n) is 1.82. The second kappa shape index (κ2) is 7.69. The normalized spacial score (nSPS) is 11.6. The molecule has 1 aromatic rings. The zero-order valence-electron chi connectivity index (χ0n) is 11.2. The van der Waals surface area contributed by atoms with Gasteiger partial charge in [-0.1, -0.05) is 12.1 Å². The van der Waals surface area contributed by atoms with Crippen molar-refractivity contribution in [3.05, 3.63) is 35.6 Å². The zero-order valence-corrected chi connectivity index (χ0v) is 11.2. The van der Waals surface area contributed by atoms with E-state index in [1.165, 1.54) is 6.07 Å². The minimum absolute atomic E-state index is 0.182. The first-order valence-corrected chi connectivity index (χ1v) is 6.46. The van der Waals surface area contributed by atoms with Gasteiger partial charge in [0.15, 0.2) is 5.96 Å². The van der Waals surface area contributed by atoms with Crippen LogP contribution in [0, 0.1) is 5.82 Å². The Hall–Kier alpha value is -1.58. The molecule has 0 unspecified atom stereocenters. The fourth-order valence-corrected chi connectivity index (χ4v) is 1.82. The largest absolute Gasteiger partial charge is 0.370 e. The summed E-state index contributed by atoms with van der Waals surface area (Å²) in [6.07, 6.45) is 1.71. The van der Waals surface area contributed by atoms with Crippen LogP contribution in [-0.4, -0.2) is 30.5 Å². The second-order valence-electron chi connectivity index (χ2n) is 4.15. The Balaban J connectivity index is 2.36. The Bertz CT molecular complexity index is 386. The van der Waals surface area contributed by atoms with E-state index in [1.807, 2.05) is 11.0 Å². The van der Waals surface area contributed by atoms with Crippen LogP contribution in [-0.2, 0) is 6.42 Å². The fraction of sp³-hybridized carbons (Fsp3) is 0.500. The zero-order chi connectivity index (χ0) is 13.4. The molecule has 4 heteroatoms. The Morgan fingerprint density at radius 1 is 1.33 bits per heavy atom. The van der Waals surface area contributed by atoms with E-state index in [4.69, 9.17) is 5.73 Å². The van der Waals surface area contributed by atoms with Crippen LogP contribution in [0.3, 0.4) is 0 Å². The van der Waals surface area contributed by atoms with Gasteiger partial charge in [-0.25, -0.2) is 4.39 Å². The van der Waals surface area contributed by atoms with Crippen LogP contribution < -0.4 is 5.73 Å². The molecule has 1 rings (SSSR count). The van der Waals surface area contributed by atoms with Gasteiger partial charge in [0.25, 0.3) is 0 Å². The Morgan fingerprint density at radius 2 is 2.06 bits per heavy atom. The monoisotopic (exact) mass is 251 g/mol. The molecule has 0 saturated heterocycles. The van der Waals surface area contributed by atoms with Crippen molar-refractivity contribution in [2.45, 2.75) is 26.7 Å². The molecule has 18 heavy (non-hydrogen) atoms. The van der Waals surface area contributed by atoms with Crippen molar-refractivity contribution < 1.29 is 4.39 Å². The van der Waals surface area contributed by atoms with E-state index in [0.29, 0.717) is 12.5 Å². The van der Waals surface area contributed by atoms with Crippen LogP contribution in [0.5, 0.6) is 0 Å². The van der Waals surface area contributed by atoms with Crippen molar-refractivity contribution in [1.82, 2.24) is 4.90 Å². The highest BCUT2D eigenvalue weighted by Crippen LogP contribution is 2.06. The number of hydrogen-bond acceptors (Lipinski definition) is 1. The van der Waals surface area contributed by atoms with Crippen molar-refractivity contribution in [3.63, 3.8) is 0 Å². The number of aliphatic imine (C=N–C) groups is 1. The lowest BCUT2D eigenvalue weighted by Gasteiger charge is -2.19. The van der Waals surface area contributed by atoms with Gasteiger partial charge in [0.2, 0.25) is 0 Å². The van der Waals surface area contributed by atoms with E-state index in [9.17, 15) is 4.39 Å². The molecule has 0 saturated carbocycles. The highest BCUT2D eigenvalue weighted by atomic mass is 19.1. The summed E-state index contributed by atoms with van der Waals surface area (Å²) in [6, 6.07) is 6.69. The Kier molecular flexibility index (Phi) is 6.19. The quantitative estimate of drug-likeness (QED) is 0.479. The summed E-state index contributed by atoms with van der Waals surface area (Å²) >= 11 is 0. The van der Waals surface area contributed by atoms with Crippen LogP contribution >= 0.6 is 0 Å². The van der Waals surface area contributed by atoms with Gasteiger partial charge in [0, 0.05) is 19.6 Å². The van der Waals surface area contributed by atoms with E-state index in [1.54, 1.807) is 12.1 Å². The van der Waals surface area contributed by atoms with Crippen LogP contribution in [0.15, 0.2) is 29.3 Å². The van der Waals surface area contributed by atoms with Gasteiger partial charge >= 0.3 is 0 Å². The molecule has 1 aromatic carbocycles. The second-order valence-corrected chi connectivity index (χ2v) is 4.15. The van der Waals surface area contributed by atoms with Gasteiger partial charge in [-0.15, -0.1) is 0 Å². The first-order chi connectivity index (χ1) is 8.67. The SMILES string of the molecule is CCN(CC)C(N)=NCCCc1cccc(F)c1. The predicted molar refractivity (Wildman–Crippen MR) is 74.1 cm³/mol. The maximum absolute atomic E-state index is 12.9. The first kappa shape index (κ1) is 14.5. The smallest absolute Gasteiger partial charge is 0.191 e. The molecule has 0 amide bonds. The predicted octanol–water partition coefficient (Wildman–Crippen LogP) is 2.41. The Morgan fingerprint density at radius 3 is 2.67 bits per heavy atom. The standard InChI is InChI=1S/C14H22FN3/c1-3-18(4-2)14(16)17-10-6-8-12-7-5-9-13(15)11-12/h5,7,9,11H,3-4,6,8,10H2,1-2H3,(H2,16,17). The van der Waals surface area contributed by atoms with Crippen LogP contribution in [0.4, 0.5) is 4.39 Å². The molecular formula is C14H22FN3. The molecular weight excluding hydrogens is 229 g/mol. The van der Waals surface area contributed by atoms with E-state index < -0.39 is 0 Å². The summed E-state index contributed by atoms with van der Waals surface area (Å²) in [4.78, 5) is 6.35. The highest BCUT2D eigenvalue weighted by molar-refractivity contribution is 5.77. The molecule has 0 aliphatic heterocycles. The van der Waals surface area contributed by atoms with Gasteiger partial charge in [0.05, 0.1) is 0 Å². The Labute approximate surface area is 109 Å². The van der Waals surface area contributed by atoms with Crippen molar-refractivity contribution in [2.75, 3.05) is 19.6 Å². The van der Waals surface area contributed by atoms with Crippen LogP contribution in [0.2, 0.25) is 0 Å². The summed E-state index contributed by atoms with van der Waals surface area (Å²) in [5, 5.41) is 0. The lowest BCUT2D eigenvalue weighted by atomic mass is 10.1. The minimum atomic E-state index is -0.182. The molecule has 0 heterocycles. The molecule has 0 aliphatic rings. The number of nitrogens with two attached hydrogens (primary N) is 1. The number of halogens is 1. The summed E-state index contributed by atoms with van der Waals surface area (Å²) in [5.74, 6) is 0.415. The number of rotatable bonds is 6. The maximum atomic E-state index is 12.9. The minimum Gasteiger partial charge on any atom is -0.370 e. The van der Waals surface area contributed by atoms with Gasteiger partial charge in [0.1, 0.15) is 5.82 Å². The lowest BCUT2D eigenvalue weighted by molar-refractivity contribution is 0.458. The van der Waals surface area contributed by atoms with Crippen molar-refractivity contribution in [1.29, 1.82) is 0 Å². The van der Waals surface area contributed by atoms with E-state index in [0.717, 1.165) is 31.5 Å². The number of hydrogen-bond donors (Lipinski definition) is 1. The van der Waals surface area contributed by atoms with E-state index in [-0.39, 0.29) is 5.82 Å². The van der Waals surface area contributed by atoms with Gasteiger partial charge in [-0.2, -0.15) is 0 Å². The lowest BCUT2D eigenvalue weighted by Crippen LogP contribution is -2.37. The average molecular weight is 251 g/mol. The molecule has 0 aliphatic carbocycles. The molecule has 0 bridgehead atoms. The van der Waals surface area contributed by atoms with Crippen molar-refractivity contribution in [2.24, 2.45) is 10.7 Å². The van der Waals surface area contributed by atoms with Crippen molar-refractivity contribution in [3.8, 4) is 0 Å². The number of benzene rings is 1. The summed E-state index contributed by atoms with van der Waals surface area (Å²) in [6.45, 7) is 6.53. The molecule has 0 aromatic heterocycles. The summed E-state index contributed by atoms with van der Waals surface area (Å²) in [7, 11) is 0. The molecule has 0 spiro atoms. The van der Waals surface area contributed by atoms with Gasteiger partial charge in [-0.05, 0) is 44.4 Å². The maximum Gasteiger partial charge on any atom is 0.191 e. The van der Waals surface area contributed by atoms with E-state index in [2.05, 4.69) is 18.8 Å². The first-order valence-electron chi connectivity index (χ1n) is 6.46. The number of aryl methyl sites for hydroxylation is 1. The molecule has 0 radical (unpaired) electrons. The molecule has 3 nitrogen and oxygen atoms in total. The number of guanidine groups is 1. The third-order valence-corrected chi connectivity index (χ3v) is 2.87. The topological polar surface area (TPSA) is 41.6 Å². The van der Waals surface area contributed by atoms with Crippen LogP contribution in [0.1, 0.15) is 25.8 Å².